The summed E-state index contributed by atoms with van der Waals surface area (Å²) < 4.78 is 37.1. The van der Waals surface area contributed by atoms with Crippen LogP contribution in [0.2, 0.25) is 0 Å². The largest absolute Gasteiger partial charge is 0.481 e. The first kappa shape index (κ1) is 53.8. The van der Waals surface area contributed by atoms with Gasteiger partial charge in [-0.05, 0) is 81.3 Å². The predicted molar refractivity (Wildman–Crippen MR) is 215 cm³/mol. The monoisotopic (exact) mass is 866 g/mol. The third-order valence-corrected chi connectivity index (χ3v) is 12.6. The average Bonchev–Trinajstić information content (AvgIpc) is 3.15. The molecule has 350 valence electrons. The Bertz CT molecular complexity index is 1400. The molecule has 60 heavy (non-hydrogen) atoms. The Kier molecular flexibility index (Phi) is 20.0. The van der Waals surface area contributed by atoms with Crippen LogP contribution in [0.1, 0.15) is 114 Å². The van der Waals surface area contributed by atoms with Crippen molar-refractivity contribution < 1.29 is 83.3 Å². The molecule has 0 aromatic rings. The number of carbonyl (C=O) groups excluding carboxylic acids is 2. The van der Waals surface area contributed by atoms with Crippen LogP contribution in [0.3, 0.4) is 0 Å². The molecule has 3 aliphatic rings. The van der Waals surface area contributed by atoms with E-state index >= 15 is 0 Å². The van der Waals surface area contributed by atoms with Gasteiger partial charge >= 0.3 is 17.9 Å². The maximum atomic E-state index is 14.1. The van der Waals surface area contributed by atoms with Crippen molar-refractivity contribution in [1.82, 2.24) is 4.90 Å². The molecule has 7 N–H and O–H groups in total. The van der Waals surface area contributed by atoms with Crippen molar-refractivity contribution >= 4 is 23.7 Å². The van der Waals surface area contributed by atoms with Gasteiger partial charge in [0.2, 0.25) is 0 Å². The van der Waals surface area contributed by atoms with Crippen LogP contribution < -0.4 is 0 Å². The second kappa shape index (κ2) is 22.3. The Morgan fingerprint density at radius 3 is 1.92 bits per heavy atom. The van der Waals surface area contributed by atoms with E-state index in [0.717, 1.165) is 0 Å². The number of aliphatic carboxylic acids is 2. The number of Topliss-reactive ketones (excluding diaryl/α,β-unsaturated/α-hetero) is 1. The molecular formula is C42H75NO17. The average molecular weight is 866 g/mol. The van der Waals surface area contributed by atoms with E-state index in [4.69, 9.17) is 38.6 Å². The lowest BCUT2D eigenvalue weighted by Crippen LogP contribution is -2.61. The van der Waals surface area contributed by atoms with E-state index in [1.807, 2.05) is 25.9 Å². The maximum absolute atomic E-state index is 14.1. The normalized spacial score (nSPS) is 43.6. The van der Waals surface area contributed by atoms with Gasteiger partial charge in [-0.25, -0.2) is 0 Å². The van der Waals surface area contributed by atoms with E-state index in [9.17, 15) is 44.7 Å². The first-order chi connectivity index (χ1) is 27.6. The van der Waals surface area contributed by atoms with Gasteiger partial charge < -0.3 is 69.1 Å². The molecule has 18 heteroatoms. The van der Waals surface area contributed by atoms with E-state index in [-0.39, 0.29) is 50.7 Å². The van der Waals surface area contributed by atoms with Crippen molar-refractivity contribution in [3.8, 4) is 0 Å². The summed E-state index contributed by atoms with van der Waals surface area (Å²) in [4.78, 5) is 49.3. The molecule has 0 aromatic carbocycles. The number of carbonyl (C=O) groups is 4. The zero-order valence-corrected chi connectivity index (χ0v) is 37.8. The molecule has 0 bridgehead atoms. The number of hydrogen-bond acceptors (Lipinski definition) is 16. The van der Waals surface area contributed by atoms with Crippen molar-refractivity contribution in [2.45, 2.75) is 198 Å². The molecule has 0 aromatic heterocycles. The number of rotatable bonds is 11. The van der Waals surface area contributed by atoms with Gasteiger partial charge in [0.15, 0.2) is 12.6 Å². The summed E-state index contributed by atoms with van der Waals surface area (Å²) in [5.74, 6) is -6.87. The predicted octanol–water partition coefficient (Wildman–Crippen LogP) is 2.11. The summed E-state index contributed by atoms with van der Waals surface area (Å²) in [7, 11) is 5.18. The minimum atomic E-state index is -1.99. The van der Waals surface area contributed by atoms with Crippen LogP contribution in [0, 0.1) is 23.7 Å². The number of ether oxygens (including phenoxy) is 6. The third kappa shape index (κ3) is 13.6. The number of aliphatic hydroxyl groups is 5. The number of cyclic esters (lactones) is 1. The lowest BCUT2D eigenvalue weighted by Gasteiger charge is -2.49. The van der Waals surface area contributed by atoms with E-state index in [0.29, 0.717) is 6.42 Å². The van der Waals surface area contributed by atoms with Crippen LogP contribution in [0.15, 0.2) is 0 Å². The third-order valence-electron chi connectivity index (χ3n) is 12.6. The number of hydrogen-bond donors (Lipinski definition) is 7. The number of aliphatic hydroxyl groups excluding tert-OH is 3. The molecule has 0 radical (unpaired) electrons. The summed E-state index contributed by atoms with van der Waals surface area (Å²) in [5.41, 5.74) is -4.84. The Morgan fingerprint density at radius 1 is 0.850 bits per heavy atom. The van der Waals surface area contributed by atoms with Gasteiger partial charge in [0.05, 0.1) is 47.6 Å². The van der Waals surface area contributed by atoms with Crippen LogP contribution in [-0.4, -0.2) is 170 Å². The van der Waals surface area contributed by atoms with Gasteiger partial charge in [0.1, 0.15) is 29.7 Å². The summed E-state index contributed by atoms with van der Waals surface area (Å²) in [6.45, 7) is 16.3. The standard InChI is InChI=1S/C37H67NO13.C5H8O4/c1-14-25-37(10,45)30(41)20(4)27(39)18(2)16-35(8,44)32(51-34-28(40)24(38(11)12)15-19(3)47-34)21(5)29(22(6)33(43)49-25)50-26-17-36(9,46-13)31(42)23(7)48-26;6-4(7)2-1-3-5(8)9/h18-26,28-32,34,40-42,44-45H,14-17H2,1-13H3;1-3H2,(H,6,7)(H,8,9)/t18-,19-,20+,21+,22-,23+,24+,25-,26+,28-,29+,30-,31+,32-,34+,35-,36-,37-;/m1./s1. The number of methoxy groups -OCH3 is 1. The lowest BCUT2D eigenvalue weighted by molar-refractivity contribution is -0.318. The van der Waals surface area contributed by atoms with E-state index in [1.54, 1.807) is 41.5 Å². The van der Waals surface area contributed by atoms with Crippen LogP contribution in [0.5, 0.6) is 0 Å². The SMILES string of the molecule is CC[C@H]1OC(=O)[C@H](C)[C@@H](O[C@H]2C[C@@](C)(OC)[C@@H](O)[C@H](C)O2)[C@H](C)[C@@H](O[C@@H]2O[C@H](C)C[C@H](N(C)C)[C@H]2O)[C@](C)(O)C[C@@H](C)C(=O)[C@H](C)[C@@H](O)[C@]1(C)O.O=C(O)CCCC(=O)O. The molecule has 3 rings (SSSR count). The van der Waals surface area contributed by atoms with E-state index < -0.39 is 119 Å². The fraction of sp³-hybridized carbons (Fsp3) is 0.905. The quantitative estimate of drug-likeness (QED) is 0.147. The Hall–Kier alpha value is -2.36. The van der Waals surface area contributed by atoms with E-state index in [1.165, 1.54) is 27.9 Å². The number of carboxylic acid groups (broad SMARTS) is 2. The molecule has 0 unspecified atom stereocenters. The number of carboxylic acids is 2. The zero-order chi connectivity index (χ0) is 46.2. The highest BCUT2D eigenvalue weighted by molar-refractivity contribution is 5.83. The van der Waals surface area contributed by atoms with Crippen molar-refractivity contribution in [2.75, 3.05) is 21.2 Å². The fourth-order valence-corrected chi connectivity index (χ4v) is 8.80. The molecule has 0 amide bonds. The van der Waals surface area contributed by atoms with Crippen molar-refractivity contribution in [2.24, 2.45) is 23.7 Å². The molecule has 3 heterocycles. The first-order valence-corrected chi connectivity index (χ1v) is 21.1. The van der Waals surface area contributed by atoms with Crippen LogP contribution in [0.25, 0.3) is 0 Å². The smallest absolute Gasteiger partial charge is 0.311 e. The van der Waals surface area contributed by atoms with Gasteiger partial charge in [0.25, 0.3) is 0 Å². The Morgan fingerprint density at radius 2 is 1.42 bits per heavy atom. The molecule has 3 fully saturated rings. The topological polar surface area (TPSA) is 269 Å². The maximum Gasteiger partial charge on any atom is 0.311 e. The van der Waals surface area contributed by atoms with E-state index in [2.05, 4.69) is 0 Å². The minimum Gasteiger partial charge on any atom is -0.481 e. The second-order valence-electron chi connectivity index (χ2n) is 18.1. The Labute approximate surface area is 354 Å². The molecule has 0 spiro atoms. The van der Waals surface area contributed by atoms with Gasteiger partial charge in [-0.3, -0.25) is 19.2 Å². The lowest BCUT2D eigenvalue weighted by atomic mass is 9.74. The van der Waals surface area contributed by atoms with Crippen molar-refractivity contribution in [3.05, 3.63) is 0 Å². The summed E-state index contributed by atoms with van der Waals surface area (Å²) in [6, 6.07) is -0.324. The molecule has 0 saturated carbocycles. The van der Waals surface area contributed by atoms with Crippen molar-refractivity contribution in [1.29, 1.82) is 0 Å². The van der Waals surface area contributed by atoms with Gasteiger partial charge in [-0.1, -0.05) is 27.7 Å². The fourth-order valence-electron chi connectivity index (χ4n) is 8.80. The first-order valence-electron chi connectivity index (χ1n) is 21.1. The van der Waals surface area contributed by atoms with Gasteiger partial charge in [-0.2, -0.15) is 0 Å². The molecular weight excluding hydrogens is 790 g/mol. The summed E-state index contributed by atoms with van der Waals surface area (Å²) in [5, 5.41) is 73.7. The number of nitrogens with zero attached hydrogens (tertiary/aromatic N) is 1. The zero-order valence-electron chi connectivity index (χ0n) is 37.8. The number of ketones is 1. The highest BCUT2D eigenvalue weighted by atomic mass is 16.7. The van der Waals surface area contributed by atoms with Crippen molar-refractivity contribution in [3.63, 3.8) is 0 Å². The molecule has 18 nitrogen and oxygen atoms in total. The highest BCUT2D eigenvalue weighted by Crippen LogP contribution is 2.40. The van der Waals surface area contributed by atoms with Crippen LogP contribution in [-0.2, 0) is 47.6 Å². The van der Waals surface area contributed by atoms with Crippen LogP contribution >= 0.6 is 0 Å². The van der Waals surface area contributed by atoms with Gasteiger partial charge in [0, 0.05) is 50.2 Å². The molecule has 0 aliphatic carbocycles. The summed E-state index contributed by atoms with van der Waals surface area (Å²) >= 11 is 0. The van der Waals surface area contributed by atoms with Gasteiger partial charge in [-0.15, -0.1) is 0 Å². The summed E-state index contributed by atoms with van der Waals surface area (Å²) in [6.07, 6.45) is -9.62. The minimum absolute atomic E-state index is 0.0632. The molecule has 18 atom stereocenters. The number of esters is 1. The number of likely N-dealkylation sites (N-methyl/N-ethyl adjacent to an activating group) is 1. The van der Waals surface area contributed by atoms with Crippen LogP contribution in [0.4, 0.5) is 0 Å². The highest BCUT2D eigenvalue weighted by Gasteiger charge is 2.53. The molecule has 3 saturated heterocycles. The Balaban J connectivity index is 0.00000123. The molecule has 3 aliphatic heterocycles. The second-order valence-corrected chi connectivity index (χ2v) is 18.1.